The van der Waals surface area contributed by atoms with Crippen LogP contribution in [0.3, 0.4) is 0 Å². The highest BCUT2D eigenvalue weighted by molar-refractivity contribution is 7.08. The van der Waals surface area contributed by atoms with Gasteiger partial charge in [0.2, 0.25) is 0 Å². The topological polar surface area (TPSA) is 0 Å². The monoisotopic (exact) mass is 262 g/mol. The molecule has 0 aliphatic carbocycles. The normalized spacial score (nSPS) is 10.9. The average molecular weight is 262 g/mol. The third kappa shape index (κ3) is 2.83. The molecule has 0 bridgehead atoms. The average Bonchev–Trinajstić information content (AvgIpc) is 3.01. The van der Waals surface area contributed by atoms with E-state index >= 15 is 0 Å². The zero-order valence-electron chi connectivity index (χ0n) is 10.5. The summed E-state index contributed by atoms with van der Waals surface area (Å²) in [5.41, 5.74) is 5.06. The lowest BCUT2D eigenvalue weighted by molar-refractivity contribution is 1.63. The number of hydrogen-bond donors (Lipinski definition) is 0. The van der Waals surface area contributed by atoms with Crippen LogP contribution in [-0.4, -0.2) is 0 Å². The summed E-state index contributed by atoms with van der Waals surface area (Å²) in [4.78, 5) is 0. The van der Waals surface area contributed by atoms with E-state index in [0.29, 0.717) is 0 Å². The molecule has 0 N–H and O–H groups in total. The molecule has 1 heteroatoms. The second-order valence-corrected chi connectivity index (χ2v) is 5.12. The van der Waals surface area contributed by atoms with E-state index in [2.05, 4.69) is 77.5 Å². The van der Waals surface area contributed by atoms with Crippen molar-refractivity contribution in [3.05, 3.63) is 82.6 Å². The highest BCUT2D eigenvalue weighted by Crippen LogP contribution is 2.27. The van der Waals surface area contributed by atoms with E-state index in [9.17, 15) is 0 Å². The van der Waals surface area contributed by atoms with Gasteiger partial charge >= 0.3 is 0 Å². The Hall–Kier alpha value is -2.12. The molecule has 3 aromatic rings. The van der Waals surface area contributed by atoms with Crippen LogP contribution in [0.5, 0.6) is 0 Å². The smallest absolute Gasteiger partial charge is 0.00145 e. The molecule has 2 aromatic carbocycles. The summed E-state index contributed by atoms with van der Waals surface area (Å²) in [6.07, 6.45) is 4.34. The van der Waals surface area contributed by atoms with E-state index in [1.54, 1.807) is 11.3 Å². The van der Waals surface area contributed by atoms with Gasteiger partial charge in [-0.2, -0.15) is 11.3 Å². The number of rotatable bonds is 3. The summed E-state index contributed by atoms with van der Waals surface area (Å²) >= 11 is 1.73. The van der Waals surface area contributed by atoms with E-state index in [1.165, 1.54) is 22.3 Å². The summed E-state index contributed by atoms with van der Waals surface area (Å²) in [5, 5.41) is 4.31. The van der Waals surface area contributed by atoms with Gasteiger partial charge < -0.3 is 0 Å². The Labute approximate surface area is 117 Å². The maximum atomic E-state index is 2.19. The first kappa shape index (κ1) is 11.9. The molecule has 0 spiro atoms. The largest absolute Gasteiger partial charge is 0.152 e. The van der Waals surface area contributed by atoms with Crippen molar-refractivity contribution < 1.29 is 0 Å². The molecule has 0 aliphatic heterocycles. The second-order valence-electron chi connectivity index (χ2n) is 4.34. The number of benzene rings is 2. The van der Waals surface area contributed by atoms with Crippen LogP contribution >= 0.6 is 11.3 Å². The Balaban J connectivity index is 1.96. The van der Waals surface area contributed by atoms with Gasteiger partial charge in [-0.3, -0.25) is 0 Å². The first-order chi connectivity index (χ1) is 9.43. The third-order valence-corrected chi connectivity index (χ3v) is 3.73. The van der Waals surface area contributed by atoms with Crippen LogP contribution in [0.4, 0.5) is 0 Å². The van der Waals surface area contributed by atoms with Crippen molar-refractivity contribution in [2.45, 2.75) is 0 Å². The molecule has 0 unspecified atom stereocenters. The molecule has 0 radical (unpaired) electrons. The quantitative estimate of drug-likeness (QED) is 0.540. The molecule has 0 nitrogen and oxygen atoms in total. The molecular formula is C18H14S. The summed E-state index contributed by atoms with van der Waals surface area (Å²) in [6.45, 7) is 0. The van der Waals surface area contributed by atoms with Gasteiger partial charge in [-0.1, -0.05) is 66.7 Å². The first-order valence-corrected chi connectivity index (χ1v) is 7.22. The Morgan fingerprint density at radius 2 is 1.53 bits per heavy atom. The summed E-state index contributed by atoms with van der Waals surface area (Å²) in [7, 11) is 0. The fraction of sp³-hybridized carbons (Fsp3) is 0. The fourth-order valence-electron chi connectivity index (χ4n) is 2.07. The standard InChI is InChI=1S/C18H14S/c1-2-6-15(7-3-1)10-11-16-8-4-5-9-18(16)17-12-13-19-14-17/h1-14H. The number of hydrogen-bond acceptors (Lipinski definition) is 1. The molecule has 1 heterocycles. The molecule has 3 rings (SSSR count). The predicted molar refractivity (Wildman–Crippen MR) is 85.1 cm³/mol. The Morgan fingerprint density at radius 3 is 2.32 bits per heavy atom. The Bertz CT molecular complexity index is 664. The van der Waals surface area contributed by atoms with Crippen LogP contribution in [0, 0.1) is 0 Å². The molecule has 0 atom stereocenters. The van der Waals surface area contributed by atoms with Crippen LogP contribution < -0.4 is 0 Å². The molecule has 1 aromatic heterocycles. The van der Waals surface area contributed by atoms with Gasteiger partial charge in [0.15, 0.2) is 0 Å². The van der Waals surface area contributed by atoms with Crippen molar-refractivity contribution in [1.29, 1.82) is 0 Å². The lowest BCUT2D eigenvalue weighted by Gasteiger charge is -2.03. The van der Waals surface area contributed by atoms with Crippen molar-refractivity contribution in [3.8, 4) is 11.1 Å². The molecule has 19 heavy (non-hydrogen) atoms. The molecular weight excluding hydrogens is 248 g/mol. The molecule has 0 amide bonds. The Morgan fingerprint density at radius 1 is 0.737 bits per heavy atom. The van der Waals surface area contributed by atoms with Crippen LogP contribution in [0.15, 0.2) is 71.4 Å². The third-order valence-electron chi connectivity index (χ3n) is 3.05. The van der Waals surface area contributed by atoms with E-state index in [4.69, 9.17) is 0 Å². The van der Waals surface area contributed by atoms with Gasteiger partial charge in [0.05, 0.1) is 0 Å². The maximum Gasteiger partial charge on any atom is -0.00145 e. The minimum absolute atomic E-state index is 1.22. The lowest BCUT2D eigenvalue weighted by atomic mass is 10.0. The Kier molecular flexibility index (Phi) is 3.57. The summed E-state index contributed by atoms with van der Waals surface area (Å²) in [5.74, 6) is 0. The minimum atomic E-state index is 1.22. The molecule has 0 aliphatic rings. The zero-order chi connectivity index (χ0) is 12.9. The van der Waals surface area contributed by atoms with Gasteiger partial charge in [-0.15, -0.1) is 0 Å². The van der Waals surface area contributed by atoms with Gasteiger partial charge in [0.25, 0.3) is 0 Å². The van der Waals surface area contributed by atoms with Crippen LogP contribution in [0.25, 0.3) is 23.3 Å². The second kappa shape index (κ2) is 5.68. The van der Waals surface area contributed by atoms with Crippen LogP contribution in [0.2, 0.25) is 0 Å². The molecule has 92 valence electrons. The predicted octanol–water partition coefficient (Wildman–Crippen LogP) is 5.59. The van der Waals surface area contributed by atoms with Crippen LogP contribution in [0.1, 0.15) is 11.1 Å². The van der Waals surface area contributed by atoms with Crippen LogP contribution in [-0.2, 0) is 0 Å². The molecule has 0 fully saturated rings. The van der Waals surface area contributed by atoms with Crippen molar-refractivity contribution in [2.75, 3.05) is 0 Å². The minimum Gasteiger partial charge on any atom is -0.152 e. The molecule has 0 saturated carbocycles. The summed E-state index contributed by atoms with van der Waals surface area (Å²) in [6, 6.07) is 21.1. The van der Waals surface area contributed by atoms with Gasteiger partial charge in [-0.25, -0.2) is 0 Å². The van der Waals surface area contributed by atoms with Crippen molar-refractivity contribution >= 4 is 23.5 Å². The lowest BCUT2D eigenvalue weighted by Crippen LogP contribution is -1.80. The SMILES string of the molecule is C(=Cc1ccccc1-c1ccsc1)c1ccccc1. The van der Waals surface area contributed by atoms with Gasteiger partial charge in [0.1, 0.15) is 0 Å². The highest BCUT2D eigenvalue weighted by Gasteiger charge is 2.01. The first-order valence-electron chi connectivity index (χ1n) is 6.28. The van der Waals surface area contributed by atoms with E-state index in [1.807, 2.05) is 6.07 Å². The highest BCUT2D eigenvalue weighted by atomic mass is 32.1. The van der Waals surface area contributed by atoms with Crippen molar-refractivity contribution in [2.24, 2.45) is 0 Å². The van der Waals surface area contributed by atoms with E-state index in [-0.39, 0.29) is 0 Å². The fourth-order valence-corrected chi connectivity index (χ4v) is 2.73. The van der Waals surface area contributed by atoms with E-state index in [0.717, 1.165) is 0 Å². The van der Waals surface area contributed by atoms with Crippen molar-refractivity contribution in [1.82, 2.24) is 0 Å². The maximum absolute atomic E-state index is 2.19. The summed E-state index contributed by atoms with van der Waals surface area (Å²) < 4.78 is 0. The molecule has 0 saturated heterocycles. The zero-order valence-corrected chi connectivity index (χ0v) is 11.3. The van der Waals surface area contributed by atoms with Gasteiger partial charge in [0, 0.05) is 0 Å². The number of thiophene rings is 1. The van der Waals surface area contributed by atoms with E-state index < -0.39 is 0 Å². The van der Waals surface area contributed by atoms with Crippen molar-refractivity contribution in [3.63, 3.8) is 0 Å². The van der Waals surface area contributed by atoms with Gasteiger partial charge in [-0.05, 0) is 39.1 Å².